The van der Waals surface area contributed by atoms with Crippen molar-refractivity contribution in [3.05, 3.63) is 52.1 Å². The molecule has 130 valence electrons. The highest BCUT2D eigenvalue weighted by molar-refractivity contribution is 6.14. The fraction of sp³-hybridized carbons (Fsp3) is 0.316. The second kappa shape index (κ2) is 5.21. The molecule has 0 bridgehead atoms. The third kappa shape index (κ3) is 2.29. The number of rotatable bonds is 2. The Kier molecular flexibility index (Phi) is 3.32. The number of ketones is 1. The lowest BCUT2D eigenvalue weighted by Crippen LogP contribution is -2.45. The minimum Gasteiger partial charge on any atom is -0.508 e. The molecule has 6 nitrogen and oxygen atoms in total. The van der Waals surface area contributed by atoms with E-state index in [1.165, 1.54) is 13.0 Å². The van der Waals surface area contributed by atoms with Crippen LogP contribution in [0.4, 0.5) is 0 Å². The summed E-state index contributed by atoms with van der Waals surface area (Å²) in [5.41, 5.74) is 1.46. The molecule has 1 heterocycles. The number of carbonyl (C=O) groups is 1. The van der Waals surface area contributed by atoms with Gasteiger partial charge in [0, 0.05) is 23.6 Å². The summed E-state index contributed by atoms with van der Waals surface area (Å²) in [5.74, 6) is -0.0482. The molecule has 2 aromatic rings. The van der Waals surface area contributed by atoms with E-state index in [4.69, 9.17) is 4.74 Å². The summed E-state index contributed by atoms with van der Waals surface area (Å²) in [5, 5.41) is 39.4. The summed E-state index contributed by atoms with van der Waals surface area (Å²) in [4.78, 5) is 12.8. The van der Waals surface area contributed by atoms with E-state index in [1.807, 2.05) is 0 Å². The molecule has 2 aromatic carbocycles. The monoisotopic (exact) mass is 342 g/mol. The lowest BCUT2D eigenvalue weighted by Gasteiger charge is -2.26. The number of aliphatic hydroxyl groups excluding tert-OH is 1. The Morgan fingerprint density at radius 2 is 2.00 bits per heavy atom. The summed E-state index contributed by atoms with van der Waals surface area (Å²) in [7, 11) is 0. The Hall–Kier alpha value is -2.57. The van der Waals surface area contributed by atoms with E-state index in [-0.39, 0.29) is 22.8 Å². The first-order valence-electron chi connectivity index (χ1n) is 8.06. The minimum atomic E-state index is -1.39. The molecule has 0 fully saturated rings. The fourth-order valence-corrected chi connectivity index (χ4v) is 3.65. The third-order valence-electron chi connectivity index (χ3n) is 5.08. The molecule has 1 aliphatic heterocycles. The Morgan fingerprint density at radius 1 is 1.24 bits per heavy atom. The maximum atomic E-state index is 12.8. The molecule has 1 aliphatic carbocycles. The van der Waals surface area contributed by atoms with Gasteiger partial charge >= 0.3 is 0 Å². The highest BCUT2D eigenvalue weighted by Crippen LogP contribution is 2.42. The Morgan fingerprint density at radius 3 is 2.72 bits per heavy atom. The van der Waals surface area contributed by atoms with Gasteiger partial charge in [0.1, 0.15) is 29.0 Å². The van der Waals surface area contributed by atoms with Crippen molar-refractivity contribution in [2.75, 3.05) is 6.61 Å². The van der Waals surface area contributed by atoms with Gasteiger partial charge in [0.15, 0.2) is 5.78 Å². The second-order valence-electron chi connectivity index (χ2n) is 6.90. The van der Waals surface area contributed by atoms with Crippen LogP contribution in [0, 0.1) is 0 Å². The summed E-state index contributed by atoms with van der Waals surface area (Å²) < 4.78 is 5.78. The highest BCUT2D eigenvalue weighted by atomic mass is 16.5. The van der Waals surface area contributed by atoms with Crippen molar-refractivity contribution >= 4 is 5.78 Å². The topological polar surface area (TPSA) is 107 Å². The van der Waals surface area contributed by atoms with Gasteiger partial charge in [-0.25, -0.2) is 0 Å². The number of aromatic hydroxyl groups is 2. The van der Waals surface area contributed by atoms with E-state index in [1.54, 1.807) is 12.1 Å². The summed E-state index contributed by atoms with van der Waals surface area (Å²) >= 11 is 0. The van der Waals surface area contributed by atoms with Gasteiger partial charge < -0.3 is 25.2 Å². The van der Waals surface area contributed by atoms with E-state index in [2.05, 4.69) is 0 Å². The van der Waals surface area contributed by atoms with Crippen molar-refractivity contribution in [1.82, 2.24) is 0 Å². The minimum absolute atomic E-state index is 0.0996. The van der Waals surface area contributed by atoms with Gasteiger partial charge in [-0.3, -0.25) is 4.79 Å². The molecule has 0 unspecified atom stereocenters. The number of hydrogen-bond acceptors (Lipinski definition) is 6. The number of ether oxygens (including phenoxy) is 1. The van der Waals surface area contributed by atoms with Crippen LogP contribution in [0.5, 0.6) is 17.2 Å². The molecule has 2 aliphatic rings. The van der Waals surface area contributed by atoms with Gasteiger partial charge in [0.05, 0.1) is 12.2 Å². The first-order valence-corrected chi connectivity index (χ1v) is 8.06. The zero-order valence-corrected chi connectivity index (χ0v) is 13.6. The van der Waals surface area contributed by atoms with Crippen LogP contribution in [0.3, 0.4) is 0 Å². The van der Waals surface area contributed by atoms with Crippen LogP contribution < -0.4 is 4.74 Å². The molecule has 2 atom stereocenters. The van der Waals surface area contributed by atoms with Crippen LogP contribution in [0.2, 0.25) is 0 Å². The lowest BCUT2D eigenvalue weighted by molar-refractivity contribution is -0.0729. The van der Waals surface area contributed by atoms with Crippen LogP contribution in [0.1, 0.15) is 39.5 Å². The number of fused-ring (bicyclic) bond motifs is 4. The molecule has 6 heteroatoms. The van der Waals surface area contributed by atoms with Gasteiger partial charge in [0.25, 0.3) is 0 Å². The molecule has 25 heavy (non-hydrogen) atoms. The van der Waals surface area contributed by atoms with Crippen LogP contribution in [0.25, 0.3) is 0 Å². The summed E-state index contributed by atoms with van der Waals surface area (Å²) in [6.45, 7) is 1.07. The number of hydrogen-bond donors (Lipinski definition) is 4. The molecule has 0 aromatic heterocycles. The molecule has 0 saturated heterocycles. The average Bonchev–Trinajstić information content (AvgIpc) is 2.99. The van der Waals surface area contributed by atoms with E-state index in [0.717, 1.165) is 17.2 Å². The zero-order valence-electron chi connectivity index (χ0n) is 13.6. The Labute approximate surface area is 143 Å². The standard InChI is InChI=1S/C19H18O6/c1-19(24,8-20)16-7-13-12-5-9-4-10(21)6-14(22)17(9)18(23)11(12)2-3-15(13)25-16/h2-4,6,16,20-22,24H,5,7-8H2,1H3/t16-,19-/m1/s1. The number of benzene rings is 2. The molecular formula is C19H18O6. The maximum Gasteiger partial charge on any atom is 0.197 e. The number of aliphatic hydroxyl groups is 2. The van der Waals surface area contributed by atoms with Gasteiger partial charge in [-0.05, 0) is 42.7 Å². The van der Waals surface area contributed by atoms with Crippen molar-refractivity contribution < 1.29 is 30.0 Å². The largest absolute Gasteiger partial charge is 0.508 e. The second-order valence-corrected chi connectivity index (χ2v) is 6.90. The quantitative estimate of drug-likeness (QED) is 0.559. The van der Waals surface area contributed by atoms with E-state index >= 15 is 0 Å². The highest BCUT2D eigenvalue weighted by Gasteiger charge is 2.40. The first kappa shape index (κ1) is 15.9. The SMILES string of the molecule is C[C@@](O)(CO)[C@H]1Cc2c(ccc3c2Cc2cc(O)cc(O)c2C3=O)O1. The molecule has 0 radical (unpaired) electrons. The first-order chi connectivity index (χ1) is 11.8. The van der Waals surface area contributed by atoms with Gasteiger partial charge in [0.2, 0.25) is 0 Å². The Bertz CT molecular complexity index is 899. The smallest absolute Gasteiger partial charge is 0.197 e. The van der Waals surface area contributed by atoms with Crippen LogP contribution in [0.15, 0.2) is 24.3 Å². The van der Waals surface area contributed by atoms with Crippen molar-refractivity contribution in [1.29, 1.82) is 0 Å². The summed E-state index contributed by atoms with van der Waals surface area (Å²) in [6, 6.07) is 5.98. The van der Waals surface area contributed by atoms with Crippen LogP contribution in [-0.4, -0.2) is 44.5 Å². The van der Waals surface area contributed by atoms with E-state index in [0.29, 0.717) is 29.7 Å². The number of phenolic OH excluding ortho intramolecular Hbond substituents is 2. The van der Waals surface area contributed by atoms with Crippen molar-refractivity contribution in [2.24, 2.45) is 0 Å². The van der Waals surface area contributed by atoms with Gasteiger partial charge in [-0.1, -0.05) is 0 Å². The third-order valence-corrected chi connectivity index (χ3v) is 5.08. The fourth-order valence-electron chi connectivity index (χ4n) is 3.65. The van der Waals surface area contributed by atoms with Gasteiger partial charge in [-0.2, -0.15) is 0 Å². The predicted octanol–water partition coefficient (Wildman–Crippen LogP) is 1.28. The van der Waals surface area contributed by atoms with E-state index < -0.39 is 18.3 Å². The predicted molar refractivity (Wildman–Crippen MR) is 88.3 cm³/mol. The average molecular weight is 342 g/mol. The summed E-state index contributed by atoms with van der Waals surface area (Å²) in [6.07, 6.45) is 0.145. The number of phenols is 2. The van der Waals surface area contributed by atoms with Crippen molar-refractivity contribution in [3.63, 3.8) is 0 Å². The van der Waals surface area contributed by atoms with Crippen LogP contribution >= 0.6 is 0 Å². The zero-order chi connectivity index (χ0) is 17.9. The molecule has 0 spiro atoms. The van der Waals surface area contributed by atoms with Crippen molar-refractivity contribution in [3.8, 4) is 17.2 Å². The van der Waals surface area contributed by atoms with E-state index in [9.17, 15) is 25.2 Å². The molecule has 4 N–H and O–H groups in total. The lowest BCUT2D eigenvalue weighted by atomic mass is 9.81. The normalized spacial score (nSPS) is 20.3. The Balaban J connectivity index is 1.81. The molecule has 0 amide bonds. The van der Waals surface area contributed by atoms with Crippen LogP contribution in [-0.2, 0) is 12.8 Å². The molecule has 4 rings (SSSR count). The maximum absolute atomic E-state index is 12.8. The van der Waals surface area contributed by atoms with Gasteiger partial charge in [-0.15, -0.1) is 0 Å². The molecular weight excluding hydrogens is 324 g/mol. The molecule has 0 saturated carbocycles. The van der Waals surface area contributed by atoms with Crippen molar-refractivity contribution in [2.45, 2.75) is 31.5 Å². The number of carbonyl (C=O) groups excluding carboxylic acids is 1.